The number of hydrogen-bond donors (Lipinski definition) is 2. The maximum Gasteiger partial charge on any atom is 0.185 e. The van der Waals surface area contributed by atoms with Crippen molar-refractivity contribution in [1.29, 1.82) is 0 Å². The lowest BCUT2D eigenvalue weighted by atomic mass is 9.67. The van der Waals surface area contributed by atoms with Crippen LogP contribution in [-0.2, 0) is 6.42 Å². The van der Waals surface area contributed by atoms with Crippen LogP contribution in [0.4, 0.5) is 13.2 Å². The van der Waals surface area contributed by atoms with E-state index in [1.54, 1.807) is 33.2 Å². The van der Waals surface area contributed by atoms with Crippen LogP contribution in [0.15, 0.2) is 42.7 Å². The molecule has 3 N–H and O–H groups in total. The molecule has 1 aliphatic rings. The van der Waals surface area contributed by atoms with Crippen LogP contribution in [-0.4, -0.2) is 38.6 Å². The number of benzene rings is 1. The smallest absolute Gasteiger partial charge is 0.185 e. The average Bonchev–Trinajstić information content (AvgIpc) is 2.83. The van der Waals surface area contributed by atoms with Gasteiger partial charge in [-0.05, 0) is 74.8 Å². The lowest BCUT2D eigenvalue weighted by Crippen LogP contribution is -2.54. The van der Waals surface area contributed by atoms with Crippen LogP contribution in [0.2, 0.25) is 0 Å². The summed E-state index contributed by atoms with van der Waals surface area (Å²) in [6, 6.07) is 5.49. The molecule has 9 heteroatoms. The van der Waals surface area contributed by atoms with Crippen molar-refractivity contribution >= 4 is 5.78 Å². The molecule has 0 bridgehead atoms. The number of nitrogens with two attached hydrogens (primary N) is 1. The maximum absolute atomic E-state index is 14.8. The van der Waals surface area contributed by atoms with Crippen LogP contribution in [0, 0.1) is 23.4 Å². The zero-order valence-corrected chi connectivity index (χ0v) is 21.8. The minimum atomic E-state index is -1.05. The number of Topliss-reactive ketones (excluding diaryl/α,β-unsaturated/α-hetero) is 1. The highest BCUT2D eigenvalue weighted by atomic mass is 19.1. The molecule has 4 atom stereocenters. The van der Waals surface area contributed by atoms with Crippen molar-refractivity contribution in [2.24, 2.45) is 11.7 Å². The molecule has 202 valence electrons. The van der Waals surface area contributed by atoms with Crippen molar-refractivity contribution < 1.29 is 27.8 Å². The summed E-state index contributed by atoms with van der Waals surface area (Å²) in [4.78, 5) is 21.4. The first-order valence-corrected chi connectivity index (χ1v) is 12.6. The first-order chi connectivity index (χ1) is 17.9. The Morgan fingerprint density at radius 1 is 1.16 bits per heavy atom. The maximum atomic E-state index is 14.8. The van der Waals surface area contributed by atoms with E-state index in [1.807, 2.05) is 13.0 Å². The van der Waals surface area contributed by atoms with Crippen molar-refractivity contribution in [2.45, 2.75) is 70.6 Å². The number of pyridine rings is 2. The molecular formula is C29H32F3N3O3. The van der Waals surface area contributed by atoms with Gasteiger partial charge in [0.25, 0.3) is 0 Å². The van der Waals surface area contributed by atoms with Gasteiger partial charge in [-0.15, -0.1) is 0 Å². The van der Waals surface area contributed by atoms with Crippen molar-refractivity contribution in [3.8, 4) is 17.0 Å². The molecular weight excluding hydrogens is 495 g/mol. The second kappa shape index (κ2) is 10.8. The summed E-state index contributed by atoms with van der Waals surface area (Å²) in [5.74, 6) is -3.60. The first-order valence-electron chi connectivity index (χ1n) is 12.6. The highest BCUT2D eigenvalue weighted by Crippen LogP contribution is 2.42. The van der Waals surface area contributed by atoms with E-state index in [2.05, 4.69) is 9.97 Å². The van der Waals surface area contributed by atoms with E-state index in [9.17, 15) is 23.1 Å². The van der Waals surface area contributed by atoms with Gasteiger partial charge in [0.2, 0.25) is 0 Å². The fraction of sp³-hybridized carbons (Fsp3) is 0.414. The third kappa shape index (κ3) is 5.59. The number of hydrogen-bond acceptors (Lipinski definition) is 6. The van der Waals surface area contributed by atoms with Gasteiger partial charge >= 0.3 is 0 Å². The van der Waals surface area contributed by atoms with Crippen LogP contribution >= 0.6 is 0 Å². The van der Waals surface area contributed by atoms with Gasteiger partial charge in [0.05, 0.1) is 17.3 Å². The van der Waals surface area contributed by atoms with Crippen molar-refractivity contribution in [3.05, 3.63) is 77.0 Å². The van der Waals surface area contributed by atoms with E-state index in [0.29, 0.717) is 18.4 Å². The summed E-state index contributed by atoms with van der Waals surface area (Å²) >= 11 is 0. The average molecular weight is 528 g/mol. The molecule has 0 aliphatic heterocycles. The quantitative estimate of drug-likeness (QED) is 0.401. The van der Waals surface area contributed by atoms with E-state index in [1.165, 1.54) is 6.07 Å². The number of carbonyl (C=O) groups is 1. The Kier molecular flexibility index (Phi) is 7.90. The topological polar surface area (TPSA) is 98.3 Å². The SMILES string of the molecule is CC(C)Oc1cc(F)c(-c2nc(C(=O)Cc3cnccc3[C@H]3C[C@@H](N)[C@](C)(O)[C@@H](C)C3)ccc2F)c(F)c1. The number of carbonyl (C=O) groups excluding carboxylic acids is 1. The van der Waals surface area contributed by atoms with Crippen molar-refractivity contribution in [3.63, 3.8) is 0 Å². The predicted molar refractivity (Wildman–Crippen MR) is 137 cm³/mol. The van der Waals surface area contributed by atoms with Gasteiger partial charge < -0.3 is 15.6 Å². The zero-order chi connectivity index (χ0) is 27.8. The van der Waals surface area contributed by atoms with Gasteiger partial charge in [-0.2, -0.15) is 0 Å². The van der Waals surface area contributed by atoms with Gasteiger partial charge in [-0.1, -0.05) is 6.92 Å². The molecule has 2 heterocycles. The molecule has 1 fully saturated rings. The minimum Gasteiger partial charge on any atom is -0.491 e. The fourth-order valence-corrected chi connectivity index (χ4v) is 5.06. The van der Waals surface area contributed by atoms with Crippen molar-refractivity contribution in [2.75, 3.05) is 0 Å². The van der Waals surface area contributed by atoms with Crippen molar-refractivity contribution in [1.82, 2.24) is 9.97 Å². The predicted octanol–water partition coefficient (Wildman–Crippen LogP) is 5.37. The molecule has 1 saturated carbocycles. The highest BCUT2D eigenvalue weighted by molar-refractivity contribution is 5.96. The number of ketones is 1. The Morgan fingerprint density at radius 3 is 2.47 bits per heavy atom. The third-order valence-corrected chi connectivity index (χ3v) is 7.41. The summed E-state index contributed by atoms with van der Waals surface area (Å²) in [5, 5.41) is 10.7. The number of halogens is 3. The molecule has 0 unspecified atom stereocenters. The largest absolute Gasteiger partial charge is 0.491 e. The minimum absolute atomic E-state index is 0.0116. The van der Waals surface area contributed by atoms with Gasteiger partial charge in [-0.25, -0.2) is 18.2 Å². The number of ether oxygens (including phenoxy) is 1. The summed E-state index contributed by atoms with van der Waals surface area (Å²) in [6.07, 6.45) is 4.04. The molecule has 4 rings (SSSR count). The number of aliphatic hydroxyl groups is 1. The van der Waals surface area contributed by atoms with E-state index in [-0.39, 0.29) is 35.8 Å². The normalized spacial score (nSPS) is 23.5. The Labute approximate surface area is 220 Å². The standard InChI is InChI=1S/C29H32F3N3O3/c1-15(2)38-19-12-22(31)27(23(32)13-19)28-21(30)5-6-24(35-28)25(36)10-18-14-34-8-7-20(18)17-9-16(3)29(4,37)26(33)11-17/h5-8,12-17,26,37H,9-11,33H2,1-4H3/t16-,17+,26+,29+/m0/s1. The van der Waals surface area contributed by atoms with Gasteiger partial charge in [-0.3, -0.25) is 9.78 Å². The molecule has 0 amide bonds. The molecule has 1 aliphatic carbocycles. The number of rotatable bonds is 7. The summed E-state index contributed by atoms with van der Waals surface area (Å²) in [6.45, 7) is 7.10. The zero-order valence-electron chi connectivity index (χ0n) is 21.8. The Hall–Kier alpha value is -3.30. The van der Waals surface area contributed by atoms with Crippen LogP contribution in [0.25, 0.3) is 11.3 Å². The number of aromatic nitrogens is 2. The Bertz CT molecular complexity index is 1310. The van der Waals surface area contributed by atoms with Crippen LogP contribution in [0.1, 0.15) is 68.1 Å². The molecule has 2 aromatic heterocycles. The molecule has 0 radical (unpaired) electrons. The second-order valence-electron chi connectivity index (χ2n) is 10.5. The molecule has 0 spiro atoms. The lowest BCUT2D eigenvalue weighted by Gasteiger charge is -2.44. The molecule has 0 saturated heterocycles. The van der Waals surface area contributed by atoms with Crippen LogP contribution < -0.4 is 10.5 Å². The Morgan fingerprint density at radius 2 is 1.84 bits per heavy atom. The van der Waals surface area contributed by atoms with E-state index >= 15 is 0 Å². The van der Waals surface area contributed by atoms with Crippen LogP contribution in [0.3, 0.4) is 0 Å². The van der Waals surface area contributed by atoms with Crippen LogP contribution in [0.5, 0.6) is 5.75 Å². The number of nitrogens with zero attached hydrogens (tertiary/aromatic N) is 2. The second-order valence-corrected chi connectivity index (χ2v) is 10.5. The van der Waals surface area contributed by atoms with Gasteiger partial charge in [0, 0.05) is 37.0 Å². The van der Waals surface area contributed by atoms with Gasteiger partial charge in [0.1, 0.15) is 34.6 Å². The fourth-order valence-electron chi connectivity index (χ4n) is 5.06. The lowest BCUT2D eigenvalue weighted by molar-refractivity contribution is -0.0464. The molecule has 1 aromatic carbocycles. The summed E-state index contributed by atoms with van der Waals surface area (Å²) in [7, 11) is 0. The summed E-state index contributed by atoms with van der Waals surface area (Å²) in [5.41, 5.74) is 5.43. The molecule has 38 heavy (non-hydrogen) atoms. The monoisotopic (exact) mass is 527 g/mol. The highest BCUT2D eigenvalue weighted by Gasteiger charge is 2.42. The summed E-state index contributed by atoms with van der Waals surface area (Å²) < 4.78 is 49.7. The molecule has 6 nitrogen and oxygen atoms in total. The first kappa shape index (κ1) is 27.7. The van der Waals surface area contributed by atoms with E-state index < -0.39 is 46.1 Å². The third-order valence-electron chi connectivity index (χ3n) is 7.41. The van der Waals surface area contributed by atoms with Gasteiger partial charge in [0.15, 0.2) is 5.78 Å². The Balaban J connectivity index is 1.62. The van der Waals surface area contributed by atoms with E-state index in [0.717, 1.165) is 23.8 Å². The molecule has 3 aromatic rings. The van der Waals surface area contributed by atoms with E-state index in [4.69, 9.17) is 10.5 Å².